The van der Waals surface area contributed by atoms with Crippen LogP contribution in [0.15, 0.2) is 36.4 Å². The molecule has 1 atom stereocenters. The molecule has 2 aromatic rings. The summed E-state index contributed by atoms with van der Waals surface area (Å²) in [5.74, 6) is -2.68. The molecular formula is C13H8ClFNO5S-. The van der Waals surface area contributed by atoms with E-state index >= 15 is 0 Å². The third kappa shape index (κ3) is 3.19. The molecule has 2 aromatic carbocycles. The fourth-order valence-corrected chi connectivity index (χ4v) is 2.51. The maximum atomic E-state index is 13.2. The van der Waals surface area contributed by atoms with Crippen LogP contribution in [0.4, 0.5) is 15.8 Å². The molecule has 0 bridgehead atoms. The van der Waals surface area contributed by atoms with Crippen molar-refractivity contribution in [2.24, 2.45) is 0 Å². The van der Waals surface area contributed by atoms with Gasteiger partial charge in [0.05, 0.1) is 27.7 Å². The Morgan fingerprint density at radius 3 is 2.32 bits per heavy atom. The van der Waals surface area contributed by atoms with Crippen LogP contribution >= 0.6 is 11.6 Å². The number of nitrogens with zero attached hydrogens (tertiary/aromatic N) is 1. The molecule has 0 saturated heterocycles. The van der Waals surface area contributed by atoms with Crippen molar-refractivity contribution in [3.8, 4) is 5.75 Å². The molecule has 0 aliphatic heterocycles. The summed E-state index contributed by atoms with van der Waals surface area (Å²) in [4.78, 5) is 10.8. The average molecular weight is 345 g/mol. The first-order chi connectivity index (χ1) is 10.3. The van der Waals surface area contributed by atoms with Crippen molar-refractivity contribution in [1.82, 2.24) is 0 Å². The van der Waals surface area contributed by atoms with E-state index in [1.807, 2.05) is 0 Å². The molecule has 0 saturated carbocycles. The van der Waals surface area contributed by atoms with Crippen molar-refractivity contribution in [3.63, 3.8) is 0 Å². The highest BCUT2D eigenvalue weighted by Gasteiger charge is 2.16. The summed E-state index contributed by atoms with van der Waals surface area (Å²) in [7, 11) is 0. The number of aromatic hydroxyl groups is 1. The fourth-order valence-electron chi connectivity index (χ4n) is 1.76. The second kappa shape index (κ2) is 6.30. The van der Waals surface area contributed by atoms with Gasteiger partial charge in [0.1, 0.15) is 17.1 Å². The number of hydrogen-bond acceptors (Lipinski definition) is 4. The molecule has 22 heavy (non-hydrogen) atoms. The summed E-state index contributed by atoms with van der Waals surface area (Å²) < 4.78 is 36.7. The Kier molecular flexibility index (Phi) is 4.65. The number of benzene rings is 2. The molecule has 2 N–H and O–H groups in total. The Morgan fingerprint density at radius 1 is 1.23 bits per heavy atom. The van der Waals surface area contributed by atoms with Crippen molar-refractivity contribution in [2.75, 3.05) is 4.31 Å². The highest BCUT2D eigenvalue weighted by atomic mass is 35.5. The summed E-state index contributed by atoms with van der Waals surface area (Å²) in [6.07, 6.45) is 0. The lowest BCUT2D eigenvalue weighted by Crippen LogP contribution is -2.19. The van der Waals surface area contributed by atoms with Crippen LogP contribution in [0.2, 0.25) is 5.02 Å². The van der Waals surface area contributed by atoms with Crippen molar-refractivity contribution in [2.45, 2.75) is 0 Å². The number of hydrogen-bond donors (Lipinski definition) is 2. The molecule has 116 valence electrons. The molecule has 0 aliphatic rings. The predicted molar refractivity (Wildman–Crippen MR) is 77.5 cm³/mol. The fraction of sp³-hybridized carbons (Fsp3) is 0. The largest absolute Gasteiger partial charge is 0.755 e. The smallest absolute Gasteiger partial charge is 0.339 e. The van der Waals surface area contributed by atoms with Crippen LogP contribution in [0.1, 0.15) is 10.4 Å². The Hall–Kier alpha value is -2.16. The molecule has 0 aliphatic carbocycles. The van der Waals surface area contributed by atoms with E-state index in [-0.39, 0.29) is 22.0 Å². The van der Waals surface area contributed by atoms with Gasteiger partial charge >= 0.3 is 5.97 Å². The lowest BCUT2D eigenvalue weighted by molar-refractivity contribution is 0.0694. The van der Waals surface area contributed by atoms with Crippen LogP contribution in [0.5, 0.6) is 5.75 Å². The summed E-state index contributed by atoms with van der Waals surface area (Å²) in [5.41, 5.74) is -0.377. The zero-order valence-electron chi connectivity index (χ0n) is 10.7. The first-order valence-corrected chi connectivity index (χ1v) is 7.13. The van der Waals surface area contributed by atoms with Gasteiger partial charge in [-0.2, -0.15) is 0 Å². The SMILES string of the molecule is O=C(O)c1ccc(N(c2ccc(F)c(Cl)c2)S(=O)[O-])cc1O. The Balaban J connectivity index is 2.53. The quantitative estimate of drug-likeness (QED) is 0.830. The van der Waals surface area contributed by atoms with Crippen molar-refractivity contribution < 1.29 is 28.2 Å². The van der Waals surface area contributed by atoms with Crippen LogP contribution in [-0.4, -0.2) is 24.9 Å². The summed E-state index contributed by atoms with van der Waals surface area (Å²) >= 11 is 2.82. The van der Waals surface area contributed by atoms with Gasteiger partial charge in [-0.15, -0.1) is 0 Å². The maximum Gasteiger partial charge on any atom is 0.339 e. The summed E-state index contributed by atoms with van der Waals surface area (Å²) in [6.45, 7) is 0. The van der Waals surface area contributed by atoms with Gasteiger partial charge < -0.3 is 14.8 Å². The molecule has 1 unspecified atom stereocenters. The lowest BCUT2D eigenvalue weighted by atomic mass is 10.1. The van der Waals surface area contributed by atoms with Crippen LogP contribution in [0.3, 0.4) is 0 Å². The first kappa shape index (κ1) is 16.2. The van der Waals surface area contributed by atoms with Crippen LogP contribution in [0.25, 0.3) is 0 Å². The maximum absolute atomic E-state index is 13.2. The van der Waals surface area contributed by atoms with Crippen molar-refractivity contribution in [3.05, 3.63) is 52.8 Å². The van der Waals surface area contributed by atoms with Gasteiger partial charge in [-0.05, 0) is 30.3 Å². The van der Waals surface area contributed by atoms with E-state index in [2.05, 4.69) is 0 Å². The molecule has 0 radical (unpaired) electrons. The third-order valence-electron chi connectivity index (χ3n) is 2.73. The topological polar surface area (TPSA) is 101 Å². The standard InChI is InChI=1S/C13H9ClFNO5S/c14-10-5-7(2-4-11(10)15)16(22(20)21)8-1-3-9(13(18)19)12(17)6-8/h1-6,17H,(H,18,19)(H,20,21)/p-1. The van der Waals surface area contributed by atoms with Crippen molar-refractivity contribution >= 4 is 40.2 Å². The minimum atomic E-state index is -2.80. The Bertz CT molecular complexity index is 770. The number of carboxylic acid groups (broad SMARTS) is 1. The third-order valence-corrected chi connectivity index (χ3v) is 3.74. The molecule has 0 amide bonds. The number of phenols is 1. The average Bonchev–Trinajstić information content (AvgIpc) is 2.42. The van der Waals surface area contributed by atoms with Gasteiger partial charge in [-0.3, -0.25) is 8.51 Å². The number of halogens is 2. The van der Waals surface area contributed by atoms with Gasteiger partial charge in [0.15, 0.2) is 0 Å². The van der Waals surface area contributed by atoms with E-state index in [1.165, 1.54) is 12.1 Å². The van der Waals surface area contributed by atoms with E-state index in [4.69, 9.17) is 16.7 Å². The molecule has 0 heterocycles. The lowest BCUT2D eigenvalue weighted by Gasteiger charge is -2.26. The molecule has 2 rings (SSSR count). The predicted octanol–water partition coefficient (Wildman–Crippen LogP) is 2.82. The van der Waals surface area contributed by atoms with Crippen molar-refractivity contribution in [1.29, 1.82) is 0 Å². The molecule has 9 heteroatoms. The molecule has 0 aromatic heterocycles. The summed E-state index contributed by atoms with van der Waals surface area (Å²) in [6, 6.07) is 6.47. The van der Waals surface area contributed by atoms with E-state index in [0.717, 1.165) is 28.6 Å². The summed E-state index contributed by atoms with van der Waals surface area (Å²) in [5, 5.41) is 18.2. The highest BCUT2D eigenvalue weighted by molar-refractivity contribution is 7.81. The van der Waals surface area contributed by atoms with Gasteiger partial charge in [0.2, 0.25) is 0 Å². The second-order valence-corrected chi connectivity index (χ2v) is 5.32. The minimum absolute atomic E-state index is 0.0292. The number of anilines is 2. The van der Waals surface area contributed by atoms with Crippen LogP contribution in [-0.2, 0) is 11.3 Å². The number of carboxylic acids is 1. The number of rotatable bonds is 4. The van der Waals surface area contributed by atoms with Crippen LogP contribution < -0.4 is 4.31 Å². The second-order valence-electron chi connectivity index (χ2n) is 4.12. The zero-order valence-corrected chi connectivity index (χ0v) is 12.3. The monoisotopic (exact) mass is 344 g/mol. The molecule has 6 nitrogen and oxygen atoms in total. The van der Waals surface area contributed by atoms with Gasteiger partial charge in [-0.25, -0.2) is 9.18 Å². The molecular weight excluding hydrogens is 337 g/mol. The Morgan fingerprint density at radius 2 is 1.82 bits per heavy atom. The molecule has 0 spiro atoms. The van der Waals surface area contributed by atoms with Gasteiger partial charge in [-0.1, -0.05) is 11.6 Å². The van der Waals surface area contributed by atoms with E-state index in [0.29, 0.717) is 0 Å². The van der Waals surface area contributed by atoms with E-state index in [1.54, 1.807) is 0 Å². The highest BCUT2D eigenvalue weighted by Crippen LogP contribution is 2.33. The minimum Gasteiger partial charge on any atom is -0.755 e. The first-order valence-electron chi connectivity index (χ1n) is 5.72. The normalized spacial score (nSPS) is 12.0. The van der Waals surface area contributed by atoms with Gasteiger partial charge in [0, 0.05) is 6.07 Å². The molecule has 0 fully saturated rings. The number of aromatic carboxylic acids is 1. The number of carbonyl (C=O) groups is 1. The zero-order chi connectivity index (χ0) is 16.4. The van der Waals surface area contributed by atoms with Crippen LogP contribution in [0, 0.1) is 5.82 Å². The van der Waals surface area contributed by atoms with Gasteiger partial charge in [0.25, 0.3) is 0 Å². The van der Waals surface area contributed by atoms with E-state index < -0.39 is 28.8 Å². The Labute approximate surface area is 131 Å². The van der Waals surface area contributed by atoms with E-state index in [9.17, 15) is 23.1 Å².